The first-order valence-electron chi connectivity index (χ1n) is 11.8. The monoisotopic (exact) mass is 496 g/mol. The van der Waals surface area contributed by atoms with Crippen molar-refractivity contribution in [3.05, 3.63) is 101 Å². The first-order chi connectivity index (χ1) is 17.4. The normalized spacial score (nSPS) is 15.8. The van der Waals surface area contributed by atoms with Gasteiger partial charge in [0.25, 0.3) is 5.89 Å². The van der Waals surface area contributed by atoms with Gasteiger partial charge in [-0.25, -0.2) is 0 Å². The zero-order valence-corrected chi connectivity index (χ0v) is 21.8. The number of benzene rings is 3. The van der Waals surface area contributed by atoms with Crippen molar-refractivity contribution in [1.82, 2.24) is 15.5 Å². The lowest BCUT2D eigenvalue weighted by atomic mass is 9.94. The van der Waals surface area contributed by atoms with Crippen molar-refractivity contribution < 1.29 is 9.26 Å². The van der Waals surface area contributed by atoms with Crippen LogP contribution in [-0.2, 0) is 0 Å². The number of hydrogen-bond acceptors (Lipinski definition) is 5. The van der Waals surface area contributed by atoms with Crippen molar-refractivity contribution in [3.8, 4) is 17.1 Å². The smallest absolute Gasteiger partial charge is 0.258 e. The van der Waals surface area contributed by atoms with Crippen LogP contribution in [0.2, 0.25) is 0 Å². The second kappa shape index (κ2) is 9.59. The zero-order valence-electron chi connectivity index (χ0n) is 21.0. The van der Waals surface area contributed by atoms with Gasteiger partial charge in [0.05, 0.1) is 18.7 Å². The summed E-state index contributed by atoms with van der Waals surface area (Å²) in [6.07, 6.45) is 0. The summed E-state index contributed by atoms with van der Waals surface area (Å²) in [7, 11) is 1.64. The molecule has 0 aliphatic carbocycles. The number of aryl methyl sites for hydroxylation is 3. The average Bonchev–Trinajstić information content (AvgIpc) is 3.36. The van der Waals surface area contributed by atoms with Crippen molar-refractivity contribution in [3.63, 3.8) is 0 Å². The van der Waals surface area contributed by atoms with Gasteiger partial charge in [0.15, 0.2) is 5.11 Å². The van der Waals surface area contributed by atoms with Crippen LogP contribution in [0.25, 0.3) is 17.0 Å². The van der Waals surface area contributed by atoms with Gasteiger partial charge in [-0.1, -0.05) is 53.2 Å². The summed E-state index contributed by atoms with van der Waals surface area (Å²) in [5.74, 6) is 1.68. The molecule has 1 N–H and O–H groups in total. The van der Waals surface area contributed by atoms with E-state index in [9.17, 15) is 0 Å². The molecule has 0 amide bonds. The van der Waals surface area contributed by atoms with Gasteiger partial charge in [-0.05, 0) is 80.9 Å². The summed E-state index contributed by atoms with van der Waals surface area (Å²) >= 11 is 5.88. The van der Waals surface area contributed by atoms with Crippen molar-refractivity contribution >= 4 is 28.6 Å². The molecule has 7 heteroatoms. The van der Waals surface area contributed by atoms with Crippen LogP contribution in [0.3, 0.4) is 0 Å². The predicted octanol–water partition coefficient (Wildman–Crippen LogP) is 6.54. The second-order valence-electron chi connectivity index (χ2n) is 9.05. The molecule has 1 unspecified atom stereocenters. The van der Waals surface area contributed by atoms with Crippen molar-refractivity contribution in [2.45, 2.75) is 33.7 Å². The summed E-state index contributed by atoms with van der Waals surface area (Å²) in [5.41, 5.74) is 8.31. The minimum Gasteiger partial charge on any atom is -0.497 e. The quantitative estimate of drug-likeness (QED) is 0.315. The number of thiocarbonyl (C=S) groups is 1. The number of aromatic nitrogens is 2. The third-order valence-corrected chi connectivity index (χ3v) is 6.93. The molecule has 182 valence electrons. The number of ether oxygens (including phenoxy) is 1. The Morgan fingerprint density at radius 1 is 0.944 bits per heavy atom. The zero-order chi connectivity index (χ0) is 25.4. The molecule has 3 aromatic carbocycles. The molecule has 0 fully saturated rings. The maximum absolute atomic E-state index is 5.88. The highest BCUT2D eigenvalue weighted by molar-refractivity contribution is 7.80. The largest absolute Gasteiger partial charge is 0.497 e. The van der Waals surface area contributed by atoms with Gasteiger partial charge < -0.3 is 14.6 Å². The van der Waals surface area contributed by atoms with Crippen LogP contribution in [0.1, 0.15) is 41.1 Å². The van der Waals surface area contributed by atoms with Gasteiger partial charge in [-0.2, -0.15) is 4.98 Å². The Kier molecular flexibility index (Phi) is 6.33. The second-order valence-corrected chi connectivity index (χ2v) is 9.44. The van der Waals surface area contributed by atoms with Crippen LogP contribution < -0.4 is 15.0 Å². The van der Waals surface area contributed by atoms with E-state index in [0.29, 0.717) is 16.8 Å². The van der Waals surface area contributed by atoms with Crippen LogP contribution in [0.4, 0.5) is 5.69 Å². The molecular weight excluding hydrogens is 468 g/mol. The van der Waals surface area contributed by atoms with Crippen LogP contribution in [0.15, 0.2) is 77.0 Å². The molecule has 0 bridgehead atoms. The van der Waals surface area contributed by atoms with E-state index in [0.717, 1.165) is 33.8 Å². The van der Waals surface area contributed by atoms with Crippen molar-refractivity contribution in [2.24, 2.45) is 0 Å². The summed E-state index contributed by atoms with van der Waals surface area (Å²) < 4.78 is 11.2. The highest BCUT2D eigenvalue weighted by Gasteiger charge is 2.34. The molecule has 0 spiro atoms. The molecule has 5 rings (SSSR count). The summed E-state index contributed by atoms with van der Waals surface area (Å²) in [4.78, 5) is 6.85. The van der Waals surface area contributed by atoms with Gasteiger partial charge in [0.1, 0.15) is 5.75 Å². The summed E-state index contributed by atoms with van der Waals surface area (Å²) in [6, 6.07) is 22.1. The maximum Gasteiger partial charge on any atom is 0.258 e. The third kappa shape index (κ3) is 4.38. The number of nitrogens with zero attached hydrogens (tertiary/aromatic N) is 3. The van der Waals surface area contributed by atoms with E-state index in [-0.39, 0.29) is 6.04 Å². The van der Waals surface area contributed by atoms with E-state index < -0.39 is 0 Å². The Morgan fingerprint density at radius 2 is 1.72 bits per heavy atom. The summed E-state index contributed by atoms with van der Waals surface area (Å²) in [6.45, 7) is 8.33. The molecule has 0 radical (unpaired) electrons. The number of rotatable bonds is 5. The number of anilines is 1. The lowest BCUT2D eigenvalue weighted by Crippen LogP contribution is -2.46. The average molecular weight is 497 g/mol. The molecule has 0 saturated heterocycles. The Hall–Kier alpha value is -3.97. The Labute approximate surface area is 216 Å². The predicted molar refractivity (Wildman–Crippen MR) is 147 cm³/mol. The van der Waals surface area contributed by atoms with Gasteiger partial charge in [0, 0.05) is 16.9 Å². The molecule has 36 heavy (non-hydrogen) atoms. The fourth-order valence-corrected chi connectivity index (χ4v) is 4.78. The van der Waals surface area contributed by atoms with E-state index in [2.05, 4.69) is 73.7 Å². The fraction of sp³-hybridized carbons (Fsp3) is 0.207. The molecule has 2 heterocycles. The number of allylic oxidation sites excluding steroid dienone is 1. The fourth-order valence-electron chi connectivity index (χ4n) is 4.42. The van der Waals surface area contributed by atoms with Gasteiger partial charge >= 0.3 is 0 Å². The van der Waals surface area contributed by atoms with Crippen molar-refractivity contribution in [2.75, 3.05) is 12.0 Å². The minimum atomic E-state index is -0.237. The summed E-state index contributed by atoms with van der Waals surface area (Å²) in [5, 5.41) is 8.46. The molecule has 4 aromatic rings. The molecule has 1 aromatic heterocycles. The lowest BCUT2D eigenvalue weighted by molar-refractivity contribution is 0.403. The number of hydrogen-bond donors (Lipinski definition) is 1. The molecule has 6 nitrogen and oxygen atoms in total. The Morgan fingerprint density at radius 3 is 2.44 bits per heavy atom. The van der Waals surface area contributed by atoms with Crippen molar-refractivity contribution in [1.29, 1.82) is 0 Å². The van der Waals surface area contributed by atoms with Gasteiger partial charge in [-0.15, -0.1) is 0 Å². The van der Waals surface area contributed by atoms with E-state index in [1.807, 2.05) is 36.1 Å². The van der Waals surface area contributed by atoms with E-state index >= 15 is 0 Å². The van der Waals surface area contributed by atoms with E-state index in [4.69, 9.17) is 26.5 Å². The SMILES string of the molecule is COc1cccc(-c2noc(C3=C(C)N(c4ccc(C)c(C)c4)C(=S)NC3c3ccc(C)cc3)n2)c1. The maximum atomic E-state index is 5.88. The van der Waals surface area contributed by atoms with Crippen LogP contribution >= 0.6 is 12.2 Å². The Bertz CT molecular complexity index is 1470. The highest BCUT2D eigenvalue weighted by Crippen LogP contribution is 2.39. The third-order valence-electron chi connectivity index (χ3n) is 6.63. The van der Waals surface area contributed by atoms with Crippen LogP contribution in [0, 0.1) is 20.8 Å². The molecule has 1 aliphatic heterocycles. The molecule has 0 saturated carbocycles. The highest BCUT2D eigenvalue weighted by atomic mass is 32.1. The first kappa shape index (κ1) is 23.8. The van der Waals surface area contributed by atoms with Gasteiger partial charge in [-0.3, -0.25) is 4.90 Å². The number of methoxy groups -OCH3 is 1. The topological polar surface area (TPSA) is 63.4 Å². The van der Waals surface area contributed by atoms with E-state index in [1.165, 1.54) is 16.7 Å². The molecular formula is C29H28N4O2S. The number of nitrogens with one attached hydrogen (secondary N) is 1. The Balaban J connectivity index is 1.65. The molecule has 1 aliphatic rings. The lowest BCUT2D eigenvalue weighted by Gasteiger charge is -2.37. The standard InChI is InChI=1S/C29H28N4O2S/c1-17-9-12-21(13-10-17)26-25(28-31-27(32-35-28)22-7-6-8-24(16-22)34-5)20(4)33(29(36)30-26)23-14-11-18(2)19(3)15-23/h6-16,26H,1-5H3,(H,30,36). The van der Waals surface area contributed by atoms with Crippen LogP contribution in [0.5, 0.6) is 5.75 Å². The minimum absolute atomic E-state index is 0.237. The van der Waals surface area contributed by atoms with Crippen LogP contribution in [-0.4, -0.2) is 22.4 Å². The van der Waals surface area contributed by atoms with Gasteiger partial charge in [0.2, 0.25) is 5.82 Å². The first-order valence-corrected chi connectivity index (χ1v) is 12.2. The van der Waals surface area contributed by atoms with E-state index in [1.54, 1.807) is 7.11 Å². The molecule has 1 atom stereocenters.